The minimum absolute atomic E-state index is 0. The van der Waals surface area contributed by atoms with Crippen molar-refractivity contribution in [2.75, 3.05) is 26.3 Å². The van der Waals surface area contributed by atoms with E-state index < -0.39 is 6.10 Å². The molecule has 4 N–H and O–H groups in total. The van der Waals surface area contributed by atoms with Crippen molar-refractivity contribution in [3.8, 4) is 0 Å². The molecule has 1 aromatic carbocycles. The highest BCUT2D eigenvalue weighted by atomic mass is 127. The molecular weight excluding hydrogens is 393 g/mol. The number of rotatable bonds is 9. The number of nitrogens with one attached hydrogen (secondary N) is 1. The highest BCUT2D eigenvalue weighted by molar-refractivity contribution is 14.0. The first-order valence-corrected chi connectivity index (χ1v) is 7.41. The number of hydrogen-bond donors (Lipinski definition) is 3. The van der Waals surface area contributed by atoms with Crippen molar-refractivity contribution < 1.29 is 9.84 Å². The van der Waals surface area contributed by atoms with E-state index in [1.54, 1.807) is 0 Å². The fraction of sp³-hybridized carbons (Fsp3) is 0.562. The molecule has 1 aromatic rings. The summed E-state index contributed by atoms with van der Waals surface area (Å²) in [6.45, 7) is 6.05. The number of aliphatic hydroxyl groups is 1. The van der Waals surface area contributed by atoms with Crippen molar-refractivity contribution in [1.29, 1.82) is 0 Å². The van der Waals surface area contributed by atoms with E-state index in [-0.39, 0.29) is 30.5 Å². The van der Waals surface area contributed by atoms with Crippen molar-refractivity contribution in [1.82, 2.24) is 5.32 Å². The second-order valence-corrected chi connectivity index (χ2v) is 5.47. The molecule has 5 nitrogen and oxygen atoms in total. The quantitative estimate of drug-likeness (QED) is 0.323. The lowest BCUT2D eigenvalue weighted by Crippen LogP contribution is -2.34. The summed E-state index contributed by atoms with van der Waals surface area (Å²) in [5.41, 5.74) is 7.00. The molecule has 0 aromatic heterocycles. The van der Waals surface area contributed by atoms with Gasteiger partial charge in [-0.15, -0.1) is 24.0 Å². The van der Waals surface area contributed by atoms with E-state index in [9.17, 15) is 5.11 Å². The van der Waals surface area contributed by atoms with Crippen molar-refractivity contribution in [3.05, 3.63) is 35.9 Å². The van der Waals surface area contributed by atoms with E-state index in [2.05, 4.69) is 36.3 Å². The Balaban J connectivity index is 0.00000441. The van der Waals surface area contributed by atoms with Crippen LogP contribution in [0.1, 0.15) is 19.4 Å². The number of ether oxygens (including phenoxy) is 1. The molecule has 1 atom stereocenters. The standard InChI is InChI=1S/C16H27N3O2.HI/c1-13(2)11-21-12-15(20)10-19-16(17)18-9-8-14-6-4-3-5-7-14;/h3-7,13,15,20H,8-12H2,1-2H3,(H3,17,18,19);1H. The maximum atomic E-state index is 9.70. The topological polar surface area (TPSA) is 79.9 Å². The summed E-state index contributed by atoms with van der Waals surface area (Å²) in [5.74, 6) is 0.819. The molecule has 0 spiro atoms. The first-order valence-electron chi connectivity index (χ1n) is 7.41. The van der Waals surface area contributed by atoms with Crippen molar-refractivity contribution in [3.63, 3.8) is 0 Å². The lowest BCUT2D eigenvalue weighted by molar-refractivity contribution is 0.0301. The molecule has 22 heavy (non-hydrogen) atoms. The summed E-state index contributed by atoms with van der Waals surface area (Å²) >= 11 is 0. The number of aliphatic hydroxyl groups excluding tert-OH is 1. The van der Waals surface area contributed by atoms with Gasteiger partial charge >= 0.3 is 0 Å². The number of aliphatic imine (C=N–C) groups is 1. The zero-order valence-corrected chi connectivity index (χ0v) is 15.7. The van der Waals surface area contributed by atoms with Gasteiger partial charge in [0, 0.05) is 13.2 Å². The Hall–Kier alpha value is -0.860. The van der Waals surface area contributed by atoms with E-state index in [1.165, 1.54) is 5.56 Å². The van der Waals surface area contributed by atoms with Crippen molar-refractivity contribution in [2.45, 2.75) is 26.4 Å². The van der Waals surface area contributed by atoms with Gasteiger partial charge in [-0.05, 0) is 17.9 Å². The SMILES string of the molecule is CC(C)COCC(O)CN=C(N)NCCc1ccccc1.I. The number of nitrogens with two attached hydrogens (primary N) is 1. The zero-order valence-electron chi connectivity index (χ0n) is 13.4. The molecule has 0 fully saturated rings. The van der Waals surface area contributed by atoms with E-state index in [0.29, 0.717) is 25.1 Å². The maximum Gasteiger partial charge on any atom is 0.188 e. The second-order valence-electron chi connectivity index (χ2n) is 5.47. The van der Waals surface area contributed by atoms with Crippen LogP contribution in [-0.4, -0.2) is 43.5 Å². The van der Waals surface area contributed by atoms with Gasteiger partial charge in [0.05, 0.1) is 19.3 Å². The molecule has 0 bridgehead atoms. The first-order chi connectivity index (χ1) is 10.1. The Morgan fingerprint density at radius 3 is 2.59 bits per heavy atom. The highest BCUT2D eigenvalue weighted by Gasteiger charge is 2.04. The highest BCUT2D eigenvalue weighted by Crippen LogP contribution is 1.98. The summed E-state index contributed by atoms with van der Waals surface area (Å²) in [6, 6.07) is 10.2. The van der Waals surface area contributed by atoms with E-state index in [1.807, 2.05) is 18.2 Å². The van der Waals surface area contributed by atoms with Crippen molar-refractivity contribution >= 4 is 29.9 Å². The second kappa shape index (κ2) is 12.7. The maximum absolute atomic E-state index is 9.70. The van der Waals surface area contributed by atoms with Gasteiger partial charge < -0.3 is 20.9 Å². The Kier molecular flexibility index (Phi) is 12.2. The van der Waals surface area contributed by atoms with Gasteiger partial charge in [0.25, 0.3) is 0 Å². The lowest BCUT2D eigenvalue weighted by Gasteiger charge is -2.11. The normalized spacial score (nSPS) is 12.8. The zero-order chi connectivity index (χ0) is 15.5. The molecule has 0 amide bonds. The van der Waals surface area contributed by atoms with Gasteiger partial charge in [-0.2, -0.15) is 0 Å². The number of halogens is 1. The van der Waals surface area contributed by atoms with Crippen LogP contribution >= 0.6 is 24.0 Å². The predicted molar refractivity (Wildman–Crippen MR) is 102 cm³/mol. The summed E-state index contributed by atoms with van der Waals surface area (Å²) < 4.78 is 5.35. The number of nitrogens with zero attached hydrogens (tertiary/aromatic N) is 1. The fourth-order valence-corrected chi connectivity index (χ4v) is 1.73. The van der Waals surface area contributed by atoms with E-state index >= 15 is 0 Å². The van der Waals surface area contributed by atoms with Crippen LogP contribution in [0.2, 0.25) is 0 Å². The minimum Gasteiger partial charge on any atom is -0.389 e. The summed E-state index contributed by atoms with van der Waals surface area (Å²) in [7, 11) is 0. The third-order valence-electron chi connectivity index (χ3n) is 2.80. The van der Waals surface area contributed by atoms with Crippen LogP contribution in [-0.2, 0) is 11.2 Å². The van der Waals surface area contributed by atoms with Gasteiger partial charge in [-0.3, -0.25) is 4.99 Å². The van der Waals surface area contributed by atoms with Crippen LogP contribution < -0.4 is 11.1 Å². The monoisotopic (exact) mass is 421 g/mol. The Labute approximate surface area is 150 Å². The predicted octanol–water partition coefficient (Wildman–Crippen LogP) is 1.78. The molecule has 1 rings (SSSR count). The molecule has 0 aliphatic heterocycles. The largest absolute Gasteiger partial charge is 0.389 e. The molecule has 0 aliphatic carbocycles. The molecule has 1 unspecified atom stereocenters. The molecular formula is C16H28IN3O2. The third-order valence-corrected chi connectivity index (χ3v) is 2.80. The van der Waals surface area contributed by atoms with Gasteiger partial charge in [0.15, 0.2) is 5.96 Å². The minimum atomic E-state index is -0.613. The molecule has 0 radical (unpaired) electrons. The number of benzene rings is 1. The average molecular weight is 421 g/mol. The lowest BCUT2D eigenvalue weighted by atomic mass is 10.1. The van der Waals surface area contributed by atoms with Gasteiger partial charge in [-0.1, -0.05) is 44.2 Å². The molecule has 0 aliphatic rings. The van der Waals surface area contributed by atoms with Crippen LogP contribution in [0.5, 0.6) is 0 Å². The third kappa shape index (κ3) is 10.8. The smallest absolute Gasteiger partial charge is 0.188 e. The van der Waals surface area contributed by atoms with E-state index in [0.717, 1.165) is 13.0 Å². The Bertz CT molecular complexity index is 413. The average Bonchev–Trinajstić information content (AvgIpc) is 2.46. The summed E-state index contributed by atoms with van der Waals surface area (Å²) in [4.78, 5) is 4.11. The first kappa shape index (κ1) is 21.1. The Morgan fingerprint density at radius 2 is 1.95 bits per heavy atom. The molecule has 0 heterocycles. The molecule has 0 saturated carbocycles. The van der Waals surface area contributed by atoms with E-state index in [4.69, 9.17) is 10.5 Å². The van der Waals surface area contributed by atoms with Crippen molar-refractivity contribution in [2.24, 2.45) is 16.6 Å². The Morgan fingerprint density at radius 1 is 1.27 bits per heavy atom. The van der Waals surface area contributed by atoms with Gasteiger partial charge in [0.2, 0.25) is 0 Å². The summed E-state index contributed by atoms with van der Waals surface area (Å²) in [5, 5.41) is 12.7. The van der Waals surface area contributed by atoms with Crippen LogP contribution in [0.4, 0.5) is 0 Å². The van der Waals surface area contributed by atoms with Gasteiger partial charge in [0.1, 0.15) is 0 Å². The van der Waals surface area contributed by atoms with Gasteiger partial charge in [-0.25, -0.2) is 0 Å². The molecule has 6 heteroatoms. The fourth-order valence-electron chi connectivity index (χ4n) is 1.73. The molecule has 126 valence electrons. The van der Waals surface area contributed by atoms with Crippen LogP contribution in [0, 0.1) is 5.92 Å². The molecule has 0 saturated heterocycles. The van der Waals surface area contributed by atoms with Crippen LogP contribution in [0.15, 0.2) is 35.3 Å². The summed E-state index contributed by atoms with van der Waals surface area (Å²) in [6.07, 6.45) is 0.273. The van der Waals surface area contributed by atoms with Crippen LogP contribution in [0.25, 0.3) is 0 Å². The van der Waals surface area contributed by atoms with Crippen LogP contribution in [0.3, 0.4) is 0 Å². The number of guanidine groups is 1. The number of hydrogen-bond acceptors (Lipinski definition) is 3.